The van der Waals surface area contributed by atoms with Gasteiger partial charge in [-0.1, -0.05) is 72.3 Å². The van der Waals surface area contributed by atoms with Gasteiger partial charge in [-0.25, -0.2) is 0 Å². The lowest BCUT2D eigenvalue weighted by molar-refractivity contribution is -0.120. The van der Waals surface area contributed by atoms with Crippen molar-refractivity contribution >= 4 is 44.9 Å². The minimum absolute atomic E-state index is 0.0955. The molecule has 0 radical (unpaired) electrons. The Morgan fingerprint density at radius 3 is 2.50 bits per heavy atom. The number of ether oxygens (including phenoxy) is 2. The summed E-state index contributed by atoms with van der Waals surface area (Å²) in [5.41, 5.74) is 0.966. The third kappa shape index (κ3) is 5.01. The van der Waals surface area contributed by atoms with Crippen molar-refractivity contribution in [3.63, 3.8) is 0 Å². The van der Waals surface area contributed by atoms with Crippen LogP contribution in [0.15, 0.2) is 101 Å². The first-order valence-electron chi connectivity index (χ1n) is 11.3. The number of azo groups is 1. The molecule has 0 atom stereocenters. The zero-order chi connectivity index (χ0) is 24.9. The highest BCUT2D eigenvalue weighted by Crippen LogP contribution is 2.38. The Labute approximate surface area is 212 Å². The van der Waals surface area contributed by atoms with Crippen molar-refractivity contribution in [1.82, 2.24) is 4.57 Å². The van der Waals surface area contributed by atoms with Crippen molar-refractivity contribution in [2.75, 3.05) is 13.2 Å². The first kappa shape index (κ1) is 23.4. The number of carbonyl (C=O) groups excluding carboxylic acids is 1. The molecular weight excluding hydrogens is 478 g/mol. The lowest BCUT2D eigenvalue weighted by Crippen LogP contribution is -2.08. The van der Waals surface area contributed by atoms with Crippen molar-refractivity contribution in [2.45, 2.75) is 6.54 Å². The molecule has 5 aromatic rings. The maximum atomic E-state index is 12.2. The topological polar surface area (TPSA) is 85.4 Å². The van der Waals surface area contributed by atoms with Crippen LogP contribution < -0.4 is 9.47 Å². The standard InChI is InChI=1S/C28H22ClN3O4/c29-23-10-4-6-12-25(23)36-18-26(33)30-31-27-22-9-3-5-11-24(22)32(28(27)34)15-16-35-21-14-13-19-7-1-2-8-20(19)17-21/h1-14,17,34H,15-16,18H2. The fraction of sp³-hybridized carbons (Fsp3) is 0.107. The van der Waals surface area contributed by atoms with Crippen molar-refractivity contribution in [3.8, 4) is 17.4 Å². The van der Waals surface area contributed by atoms with Crippen LogP contribution in [0.4, 0.5) is 5.69 Å². The number of hydrogen-bond donors (Lipinski definition) is 1. The van der Waals surface area contributed by atoms with E-state index in [2.05, 4.69) is 10.2 Å². The Kier molecular flexibility index (Phi) is 6.82. The third-order valence-corrected chi connectivity index (χ3v) is 5.98. The Morgan fingerprint density at radius 2 is 1.64 bits per heavy atom. The van der Waals surface area contributed by atoms with Gasteiger partial charge in [0.2, 0.25) is 5.88 Å². The molecule has 0 spiro atoms. The van der Waals surface area contributed by atoms with E-state index < -0.39 is 5.91 Å². The maximum absolute atomic E-state index is 12.2. The number of carbonyl (C=O) groups is 1. The summed E-state index contributed by atoms with van der Waals surface area (Å²) in [6.07, 6.45) is 0. The molecule has 0 aliphatic heterocycles. The number of aromatic hydroxyl groups is 1. The molecule has 0 aliphatic rings. The van der Waals surface area contributed by atoms with E-state index in [0.29, 0.717) is 29.3 Å². The van der Waals surface area contributed by atoms with E-state index in [1.54, 1.807) is 28.8 Å². The van der Waals surface area contributed by atoms with Gasteiger partial charge < -0.3 is 19.1 Å². The summed E-state index contributed by atoms with van der Waals surface area (Å²) < 4.78 is 13.0. The number of hydrogen-bond acceptors (Lipinski definition) is 5. The number of rotatable bonds is 8. The molecule has 1 aromatic heterocycles. The second-order valence-corrected chi connectivity index (χ2v) is 8.42. The zero-order valence-corrected chi connectivity index (χ0v) is 19.9. The molecule has 4 aromatic carbocycles. The summed E-state index contributed by atoms with van der Waals surface area (Å²) in [5.74, 6) is 0.426. The van der Waals surface area contributed by atoms with Crippen LogP contribution in [0.5, 0.6) is 17.4 Å². The molecule has 36 heavy (non-hydrogen) atoms. The van der Waals surface area contributed by atoms with Gasteiger partial charge in [0, 0.05) is 5.39 Å². The van der Waals surface area contributed by atoms with E-state index in [1.807, 2.05) is 66.7 Å². The zero-order valence-electron chi connectivity index (χ0n) is 19.2. The molecule has 7 nitrogen and oxygen atoms in total. The van der Waals surface area contributed by atoms with E-state index in [1.165, 1.54) is 0 Å². The van der Waals surface area contributed by atoms with Crippen LogP contribution in [0.3, 0.4) is 0 Å². The molecule has 0 aliphatic carbocycles. The van der Waals surface area contributed by atoms with Crippen LogP contribution in [-0.2, 0) is 11.3 Å². The Morgan fingerprint density at radius 1 is 0.889 bits per heavy atom. The smallest absolute Gasteiger partial charge is 0.302 e. The average Bonchev–Trinajstić information content (AvgIpc) is 3.17. The van der Waals surface area contributed by atoms with Gasteiger partial charge >= 0.3 is 5.91 Å². The van der Waals surface area contributed by atoms with Gasteiger partial charge in [0.05, 0.1) is 17.1 Å². The number of halogens is 1. The van der Waals surface area contributed by atoms with Crippen LogP contribution in [0.1, 0.15) is 0 Å². The average molecular weight is 500 g/mol. The van der Waals surface area contributed by atoms with E-state index in [4.69, 9.17) is 21.1 Å². The number of amides is 1. The molecule has 0 unspecified atom stereocenters. The molecule has 0 saturated heterocycles. The Bertz CT molecular complexity index is 1580. The van der Waals surface area contributed by atoms with Crippen LogP contribution in [0.25, 0.3) is 21.7 Å². The Balaban J connectivity index is 1.29. The van der Waals surface area contributed by atoms with Crippen molar-refractivity contribution in [1.29, 1.82) is 0 Å². The molecule has 1 N–H and O–H groups in total. The summed E-state index contributed by atoms with van der Waals surface area (Å²) in [7, 11) is 0. The van der Waals surface area contributed by atoms with E-state index in [0.717, 1.165) is 22.0 Å². The van der Waals surface area contributed by atoms with Gasteiger partial charge in [-0.2, -0.15) is 0 Å². The SMILES string of the molecule is O=C(COc1ccccc1Cl)N=Nc1c(O)n(CCOc2ccc3ccccc3c2)c2ccccc12. The van der Waals surface area contributed by atoms with Gasteiger partial charge in [-0.15, -0.1) is 10.2 Å². The molecular formula is C28H22ClN3O4. The number of fused-ring (bicyclic) bond motifs is 2. The third-order valence-electron chi connectivity index (χ3n) is 5.67. The highest BCUT2D eigenvalue weighted by Gasteiger charge is 2.17. The summed E-state index contributed by atoms with van der Waals surface area (Å²) in [6, 6.07) is 28.2. The van der Waals surface area contributed by atoms with Crippen LogP contribution >= 0.6 is 11.6 Å². The van der Waals surface area contributed by atoms with Crippen molar-refractivity contribution < 1.29 is 19.4 Å². The van der Waals surface area contributed by atoms with Gasteiger partial charge in [0.15, 0.2) is 12.3 Å². The lowest BCUT2D eigenvalue weighted by Gasteiger charge is -2.10. The van der Waals surface area contributed by atoms with E-state index in [9.17, 15) is 9.90 Å². The lowest BCUT2D eigenvalue weighted by atomic mass is 10.1. The maximum Gasteiger partial charge on any atom is 0.302 e. The van der Waals surface area contributed by atoms with Gasteiger partial charge in [-0.3, -0.25) is 4.79 Å². The number of aromatic nitrogens is 1. The van der Waals surface area contributed by atoms with Crippen LogP contribution in [0, 0.1) is 0 Å². The fourth-order valence-corrected chi connectivity index (χ4v) is 4.13. The molecule has 0 bridgehead atoms. The predicted octanol–water partition coefficient (Wildman–Crippen LogP) is 6.92. The predicted molar refractivity (Wildman–Crippen MR) is 140 cm³/mol. The summed E-state index contributed by atoms with van der Waals surface area (Å²) >= 11 is 6.04. The fourth-order valence-electron chi connectivity index (χ4n) is 3.94. The van der Waals surface area contributed by atoms with Crippen LogP contribution in [0.2, 0.25) is 5.02 Å². The minimum atomic E-state index is -0.606. The van der Waals surface area contributed by atoms with E-state index in [-0.39, 0.29) is 18.2 Å². The van der Waals surface area contributed by atoms with Crippen molar-refractivity contribution in [3.05, 3.63) is 96.0 Å². The van der Waals surface area contributed by atoms with Crippen LogP contribution in [-0.4, -0.2) is 28.8 Å². The summed E-state index contributed by atoms with van der Waals surface area (Å²) in [5, 5.41) is 22.0. The van der Waals surface area contributed by atoms with E-state index >= 15 is 0 Å². The monoisotopic (exact) mass is 499 g/mol. The highest BCUT2D eigenvalue weighted by molar-refractivity contribution is 6.32. The second-order valence-electron chi connectivity index (χ2n) is 8.01. The van der Waals surface area contributed by atoms with Gasteiger partial charge in [0.1, 0.15) is 18.1 Å². The normalized spacial score (nSPS) is 11.4. The minimum Gasteiger partial charge on any atom is -0.493 e. The largest absolute Gasteiger partial charge is 0.493 e. The molecule has 5 rings (SSSR count). The quantitative estimate of drug-likeness (QED) is 0.235. The Hall–Kier alpha value is -4.36. The molecule has 0 fully saturated rings. The number of benzene rings is 4. The first-order valence-corrected chi connectivity index (χ1v) is 11.7. The molecule has 1 amide bonds. The van der Waals surface area contributed by atoms with Gasteiger partial charge in [0.25, 0.3) is 0 Å². The number of para-hydroxylation sites is 2. The molecule has 0 saturated carbocycles. The van der Waals surface area contributed by atoms with Crippen molar-refractivity contribution in [2.24, 2.45) is 10.2 Å². The molecule has 180 valence electrons. The second kappa shape index (κ2) is 10.5. The molecule has 8 heteroatoms. The summed E-state index contributed by atoms with van der Waals surface area (Å²) in [6.45, 7) is 0.371. The first-order chi connectivity index (χ1) is 17.6. The summed E-state index contributed by atoms with van der Waals surface area (Å²) in [4.78, 5) is 12.2. The number of nitrogens with zero attached hydrogens (tertiary/aromatic N) is 3. The molecule has 1 heterocycles. The highest BCUT2D eigenvalue weighted by atomic mass is 35.5. The van der Waals surface area contributed by atoms with Gasteiger partial charge in [-0.05, 0) is 41.1 Å².